The summed E-state index contributed by atoms with van der Waals surface area (Å²) >= 11 is 0. The molecule has 0 aliphatic carbocycles. The topological polar surface area (TPSA) is 62.2 Å². The van der Waals surface area contributed by atoms with E-state index < -0.39 is 0 Å². The molecule has 1 aliphatic rings. The van der Waals surface area contributed by atoms with E-state index in [9.17, 15) is 9.18 Å². The highest BCUT2D eigenvalue weighted by Gasteiger charge is 2.32. The van der Waals surface area contributed by atoms with E-state index in [0.29, 0.717) is 18.2 Å². The van der Waals surface area contributed by atoms with Gasteiger partial charge in [-0.3, -0.25) is 9.78 Å². The molecule has 0 radical (unpaired) electrons. The highest BCUT2D eigenvalue weighted by Crippen LogP contribution is 2.37. The van der Waals surface area contributed by atoms with Gasteiger partial charge in [-0.15, -0.1) is 0 Å². The number of rotatable bonds is 4. The molecule has 0 unspecified atom stereocenters. The predicted molar refractivity (Wildman–Crippen MR) is 114 cm³/mol. The number of benzene rings is 1. The van der Waals surface area contributed by atoms with E-state index in [0.717, 1.165) is 36.1 Å². The zero-order valence-electron chi connectivity index (χ0n) is 17.1. The van der Waals surface area contributed by atoms with Crippen molar-refractivity contribution >= 4 is 11.9 Å². The van der Waals surface area contributed by atoms with Crippen LogP contribution in [-0.2, 0) is 0 Å². The number of halogens is 1. The number of nitrogens with zero attached hydrogens (tertiary/aromatic N) is 5. The van der Waals surface area contributed by atoms with E-state index in [4.69, 9.17) is 4.98 Å². The molecule has 0 saturated carbocycles. The Hall–Kier alpha value is -3.35. The summed E-state index contributed by atoms with van der Waals surface area (Å²) in [5.41, 5.74) is 2.85. The second-order valence-corrected chi connectivity index (χ2v) is 7.60. The van der Waals surface area contributed by atoms with Gasteiger partial charge in [-0.05, 0) is 49.1 Å². The third-order valence-electron chi connectivity index (χ3n) is 5.32. The van der Waals surface area contributed by atoms with Crippen LogP contribution < -0.4 is 4.90 Å². The van der Waals surface area contributed by atoms with E-state index in [1.807, 2.05) is 30.0 Å². The zero-order valence-corrected chi connectivity index (χ0v) is 17.1. The lowest BCUT2D eigenvalue weighted by Gasteiger charge is -2.36. The minimum Gasteiger partial charge on any atom is -0.347 e. The van der Waals surface area contributed by atoms with Crippen molar-refractivity contribution in [1.29, 1.82) is 0 Å². The van der Waals surface area contributed by atoms with E-state index >= 15 is 0 Å². The number of likely N-dealkylation sites (tertiary alicyclic amines) is 1. The molecule has 1 fully saturated rings. The molecule has 7 heteroatoms. The summed E-state index contributed by atoms with van der Waals surface area (Å²) in [4.78, 5) is 30.5. The van der Waals surface area contributed by atoms with Gasteiger partial charge in [-0.1, -0.05) is 18.2 Å². The molecular weight excluding hydrogens is 381 g/mol. The number of aromatic nitrogens is 3. The molecule has 1 atom stereocenters. The van der Waals surface area contributed by atoms with Crippen LogP contribution in [-0.4, -0.2) is 46.4 Å². The lowest BCUT2D eigenvalue weighted by Crippen LogP contribution is -2.39. The average molecular weight is 405 g/mol. The Balaban J connectivity index is 1.80. The minimum absolute atomic E-state index is 0.102. The SMILES string of the molecule is CN(C)c1ncc(-c2ccc(F)cc2)c([C@@H]2CCCCN2C(=O)c2ccccn2)n1. The number of carbonyl (C=O) groups excluding carboxylic acids is 1. The van der Waals surface area contributed by atoms with Gasteiger partial charge in [0.25, 0.3) is 5.91 Å². The smallest absolute Gasteiger partial charge is 0.273 e. The number of piperidine rings is 1. The fourth-order valence-corrected chi connectivity index (χ4v) is 3.80. The molecule has 1 saturated heterocycles. The first-order valence-electron chi connectivity index (χ1n) is 10.1. The van der Waals surface area contributed by atoms with Crippen molar-refractivity contribution in [3.63, 3.8) is 0 Å². The number of carbonyl (C=O) groups is 1. The van der Waals surface area contributed by atoms with Gasteiger partial charge in [-0.2, -0.15) is 0 Å². The van der Waals surface area contributed by atoms with Crippen LogP contribution in [0.15, 0.2) is 54.9 Å². The van der Waals surface area contributed by atoms with Gasteiger partial charge in [0.15, 0.2) is 0 Å². The molecule has 1 aromatic carbocycles. The Kier molecular flexibility index (Phi) is 5.70. The van der Waals surface area contributed by atoms with E-state index in [2.05, 4.69) is 9.97 Å². The van der Waals surface area contributed by atoms with E-state index in [1.54, 1.807) is 36.7 Å². The van der Waals surface area contributed by atoms with Gasteiger partial charge in [0, 0.05) is 38.6 Å². The summed E-state index contributed by atoms with van der Waals surface area (Å²) in [7, 11) is 3.77. The van der Waals surface area contributed by atoms with Crippen LogP contribution >= 0.6 is 0 Å². The quantitative estimate of drug-likeness (QED) is 0.654. The summed E-state index contributed by atoms with van der Waals surface area (Å²) in [6.45, 7) is 0.643. The van der Waals surface area contributed by atoms with E-state index in [1.165, 1.54) is 12.1 Å². The Morgan fingerprint density at radius 2 is 1.90 bits per heavy atom. The van der Waals surface area contributed by atoms with Crippen molar-refractivity contribution in [1.82, 2.24) is 19.9 Å². The van der Waals surface area contributed by atoms with Crippen LogP contribution in [0, 0.1) is 5.82 Å². The fourth-order valence-electron chi connectivity index (χ4n) is 3.80. The van der Waals surface area contributed by atoms with Crippen LogP contribution in [0.4, 0.5) is 10.3 Å². The molecule has 2 aromatic heterocycles. The Labute approximate surface area is 175 Å². The molecule has 4 rings (SSSR count). The van der Waals surface area contributed by atoms with Crippen LogP contribution in [0.5, 0.6) is 0 Å². The van der Waals surface area contributed by atoms with Gasteiger partial charge < -0.3 is 9.80 Å². The third-order valence-corrected chi connectivity index (χ3v) is 5.32. The first-order valence-corrected chi connectivity index (χ1v) is 10.1. The second kappa shape index (κ2) is 8.57. The fraction of sp³-hybridized carbons (Fsp3) is 0.304. The normalized spacial score (nSPS) is 16.4. The summed E-state index contributed by atoms with van der Waals surface area (Å²) < 4.78 is 13.5. The van der Waals surface area contributed by atoms with Crippen LogP contribution in [0.2, 0.25) is 0 Å². The standard InChI is InChI=1S/C23H24FN5O/c1-28(2)23-26-15-18(16-9-11-17(24)12-10-16)21(27-23)20-8-4-6-14-29(20)22(30)19-7-3-5-13-25-19/h3,5,7,9-13,15,20H,4,6,8,14H2,1-2H3/t20-/m0/s1. The van der Waals surface area contributed by atoms with Gasteiger partial charge >= 0.3 is 0 Å². The number of hydrogen-bond donors (Lipinski definition) is 0. The summed E-state index contributed by atoms with van der Waals surface area (Å²) in [6, 6.07) is 11.5. The highest BCUT2D eigenvalue weighted by atomic mass is 19.1. The van der Waals surface area contributed by atoms with Crippen molar-refractivity contribution in [2.24, 2.45) is 0 Å². The van der Waals surface area contributed by atoms with Crippen molar-refractivity contribution in [3.05, 3.63) is 72.1 Å². The molecule has 30 heavy (non-hydrogen) atoms. The summed E-state index contributed by atoms with van der Waals surface area (Å²) in [5, 5.41) is 0. The molecule has 0 N–H and O–H groups in total. The maximum atomic E-state index is 13.5. The van der Waals surface area contributed by atoms with Crippen molar-refractivity contribution in [3.8, 4) is 11.1 Å². The van der Waals surface area contributed by atoms with Crippen LogP contribution in [0.25, 0.3) is 11.1 Å². The van der Waals surface area contributed by atoms with Crippen LogP contribution in [0.1, 0.15) is 41.5 Å². The lowest BCUT2D eigenvalue weighted by atomic mass is 9.93. The summed E-state index contributed by atoms with van der Waals surface area (Å²) in [6.07, 6.45) is 6.14. The maximum Gasteiger partial charge on any atom is 0.273 e. The zero-order chi connectivity index (χ0) is 21.1. The minimum atomic E-state index is -0.296. The molecule has 1 amide bonds. The molecule has 6 nitrogen and oxygen atoms in total. The Morgan fingerprint density at radius 1 is 1.10 bits per heavy atom. The number of pyridine rings is 1. The molecule has 3 heterocycles. The Bertz CT molecular complexity index is 1020. The highest BCUT2D eigenvalue weighted by molar-refractivity contribution is 5.92. The molecule has 1 aliphatic heterocycles. The average Bonchev–Trinajstić information content (AvgIpc) is 2.79. The predicted octanol–water partition coefficient (Wildman–Crippen LogP) is 4.11. The molecule has 154 valence electrons. The van der Waals surface area contributed by atoms with Gasteiger partial charge in [-0.25, -0.2) is 14.4 Å². The molecular formula is C23H24FN5O. The lowest BCUT2D eigenvalue weighted by molar-refractivity contribution is 0.0600. The number of amides is 1. The summed E-state index contributed by atoms with van der Waals surface area (Å²) in [5.74, 6) is 0.179. The first kappa shape index (κ1) is 19.9. The molecule has 3 aromatic rings. The molecule has 0 bridgehead atoms. The number of anilines is 1. The van der Waals surface area contributed by atoms with Gasteiger partial charge in [0.05, 0.1) is 11.7 Å². The largest absolute Gasteiger partial charge is 0.347 e. The van der Waals surface area contributed by atoms with Crippen molar-refractivity contribution in [2.75, 3.05) is 25.5 Å². The molecule has 0 spiro atoms. The number of hydrogen-bond acceptors (Lipinski definition) is 5. The van der Waals surface area contributed by atoms with Crippen molar-refractivity contribution < 1.29 is 9.18 Å². The second-order valence-electron chi connectivity index (χ2n) is 7.60. The Morgan fingerprint density at radius 3 is 2.60 bits per heavy atom. The third kappa shape index (κ3) is 4.01. The van der Waals surface area contributed by atoms with Gasteiger partial charge in [0.1, 0.15) is 11.5 Å². The maximum absolute atomic E-state index is 13.5. The van der Waals surface area contributed by atoms with Gasteiger partial charge in [0.2, 0.25) is 5.95 Å². The van der Waals surface area contributed by atoms with Crippen molar-refractivity contribution in [2.45, 2.75) is 25.3 Å². The van der Waals surface area contributed by atoms with E-state index in [-0.39, 0.29) is 17.8 Å². The first-order chi connectivity index (χ1) is 14.5. The van der Waals surface area contributed by atoms with Crippen LogP contribution in [0.3, 0.4) is 0 Å². The monoisotopic (exact) mass is 405 g/mol.